The normalized spacial score (nSPS) is 11.5. The van der Waals surface area contributed by atoms with Crippen LogP contribution in [0.5, 0.6) is 0 Å². The fourth-order valence-corrected chi connectivity index (χ4v) is 8.82. The molecule has 290 valence electrons. The summed E-state index contributed by atoms with van der Waals surface area (Å²) in [6, 6.07) is 76.3. The number of rotatable bonds is 7. The Bertz CT molecular complexity index is 3520. The lowest BCUT2D eigenvalue weighted by Crippen LogP contribution is -2.00. The van der Waals surface area contributed by atoms with Gasteiger partial charge in [0, 0.05) is 38.2 Å². The van der Waals surface area contributed by atoms with E-state index in [0.717, 1.165) is 66.5 Å². The first-order valence-corrected chi connectivity index (χ1v) is 20.8. The number of fused-ring (bicyclic) bond motifs is 6. The van der Waals surface area contributed by atoms with Crippen molar-refractivity contribution in [3.63, 3.8) is 0 Å². The Morgan fingerprint density at radius 2 is 0.726 bits per heavy atom. The molecule has 0 saturated heterocycles. The Kier molecular flexibility index (Phi) is 8.42. The van der Waals surface area contributed by atoms with E-state index in [1.54, 1.807) is 0 Å². The monoisotopic (exact) mass is 792 g/mol. The molecule has 0 unspecified atom stereocenters. The number of furan rings is 1. The van der Waals surface area contributed by atoms with Crippen LogP contribution in [0.4, 0.5) is 0 Å². The molecule has 9 aromatic carbocycles. The Hall–Kier alpha value is -8.41. The molecule has 3 heterocycles. The van der Waals surface area contributed by atoms with Crippen LogP contribution in [0, 0.1) is 0 Å². The van der Waals surface area contributed by atoms with E-state index in [-0.39, 0.29) is 0 Å². The molecule has 0 saturated carbocycles. The maximum absolute atomic E-state index is 6.96. The van der Waals surface area contributed by atoms with Gasteiger partial charge in [0.1, 0.15) is 5.58 Å². The smallest absolute Gasteiger partial charge is 0.164 e. The summed E-state index contributed by atoms with van der Waals surface area (Å²) in [5, 5.41) is 4.43. The van der Waals surface area contributed by atoms with Gasteiger partial charge in [-0.1, -0.05) is 170 Å². The van der Waals surface area contributed by atoms with E-state index in [1.807, 2.05) is 36.4 Å². The van der Waals surface area contributed by atoms with Crippen LogP contribution in [0.25, 0.3) is 117 Å². The van der Waals surface area contributed by atoms with E-state index in [0.29, 0.717) is 17.5 Å². The highest BCUT2D eigenvalue weighted by molar-refractivity contribution is 6.14. The molecule has 0 aliphatic rings. The third-order valence-electron chi connectivity index (χ3n) is 11.9. The van der Waals surface area contributed by atoms with Gasteiger partial charge in [-0.25, -0.2) is 15.0 Å². The second kappa shape index (κ2) is 14.7. The Morgan fingerprint density at radius 1 is 0.290 bits per heavy atom. The molecular formula is C57H36N4O. The molecule has 0 aliphatic heterocycles. The summed E-state index contributed by atoms with van der Waals surface area (Å²) in [7, 11) is 0. The zero-order valence-corrected chi connectivity index (χ0v) is 33.5. The zero-order valence-electron chi connectivity index (χ0n) is 33.5. The van der Waals surface area contributed by atoms with Crippen LogP contribution in [0.3, 0.4) is 0 Å². The van der Waals surface area contributed by atoms with E-state index in [2.05, 4.69) is 187 Å². The van der Waals surface area contributed by atoms with Gasteiger partial charge in [0.25, 0.3) is 0 Å². The van der Waals surface area contributed by atoms with Crippen molar-refractivity contribution in [3.8, 4) is 73.2 Å². The molecule has 12 rings (SSSR count). The van der Waals surface area contributed by atoms with Crippen molar-refractivity contribution in [2.24, 2.45) is 0 Å². The number of hydrogen-bond acceptors (Lipinski definition) is 4. The van der Waals surface area contributed by atoms with Crippen LogP contribution in [-0.2, 0) is 0 Å². The van der Waals surface area contributed by atoms with Gasteiger partial charge >= 0.3 is 0 Å². The van der Waals surface area contributed by atoms with E-state index < -0.39 is 0 Å². The van der Waals surface area contributed by atoms with Gasteiger partial charge in [-0.3, -0.25) is 0 Å². The molecular weight excluding hydrogens is 757 g/mol. The first-order valence-electron chi connectivity index (χ1n) is 20.8. The fourth-order valence-electron chi connectivity index (χ4n) is 8.82. The molecule has 0 fully saturated rings. The number of para-hydroxylation sites is 1. The Morgan fingerprint density at radius 3 is 1.29 bits per heavy atom. The molecule has 3 aromatic heterocycles. The lowest BCUT2D eigenvalue weighted by Gasteiger charge is -2.09. The lowest BCUT2D eigenvalue weighted by atomic mass is 10.0. The quantitative estimate of drug-likeness (QED) is 0.161. The van der Waals surface area contributed by atoms with Gasteiger partial charge in [-0.2, -0.15) is 0 Å². The SMILES string of the molecule is c1ccc(-c2cccc(-c3nc(-c4ccccc4)nc(-c4ccc5c(c4)oc4c(-n6c7ccc(-c8ccccc8)cc7c7cc(-c8ccccc8)ccc76)cccc45)n3)c2)cc1. The Labute approximate surface area is 357 Å². The van der Waals surface area contributed by atoms with E-state index in [9.17, 15) is 0 Å². The highest BCUT2D eigenvalue weighted by atomic mass is 16.3. The fraction of sp³-hybridized carbons (Fsp3) is 0. The molecule has 5 nitrogen and oxygen atoms in total. The molecule has 62 heavy (non-hydrogen) atoms. The number of nitrogens with zero attached hydrogens (tertiary/aromatic N) is 4. The van der Waals surface area contributed by atoms with Crippen molar-refractivity contribution in [2.75, 3.05) is 0 Å². The minimum absolute atomic E-state index is 0.576. The number of hydrogen-bond donors (Lipinski definition) is 0. The van der Waals surface area contributed by atoms with Crippen molar-refractivity contribution in [1.29, 1.82) is 0 Å². The summed E-state index contributed by atoms with van der Waals surface area (Å²) in [6.07, 6.45) is 0. The average Bonchev–Trinajstić information content (AvgIpc) is 3.90. The van der Waals surface area contributed by atoms with E-state index in [4.69, 9.17) is 19.4 Å². The van der Waals surface area contributed by atoms with Crippen LogP contribution < -0.4 is 0 Å². The van der Waals surface area contributed by atoms with Crippen molar-refractivity contribution in [2.45, 2.75) is 0 Å². The van der Waals surface area contributed by atoms with Crippen molar-refractivity contribution in [1.82, 2.24) is 19.5 Å². The molecule has 5 heteroatoms. The molecule has 0 amide bonds. The van der Waals surface area contributed by atoms with Gasteiger partial charge in [0.15, 0.2) is 23.1 Å². The molecule has 0 atom stereocenters. The summed E-state index contributed by atoms with van der Waals surface area (Å²) in [6.45, 7) is 0. The first-order chi connectivity index (χ1) is 30.7. The summed E-state index contributed by atoms with van der Waals surface area (Å²) >= 11 is 0. The minimum atomic E-state index is 0.576. The van der Waals surface area contributed by atoms with Crippen LogP contribution >= 0.6 is 0 Å². The maximum Gasteiger partial charge on any atom is 0.164 e. The zero-order chi connectivity index (χ0) is 41.0. The van der Waals surface area contributed by atoms with Crippen LogP contribution in [0.1, 0.15) is 0 Å². The van der Waals surface area contributed by atoms with Crippen LogP contribution in [0.15, 0.2) is 223 Å². The maximum atomic E-state index is 6.96. The predicted molar refractivity (Wildman–Crippen MR) is 254 cm³/mol. The molecule has 0 N–H and O–H groups in total. The highest BCUT2D eigenvalue weighted by Gasteiger charge is 2.20. The van der Waals surface area contributed by atoms with Gasteiger partial charge in [-0.05, 0) is 81.9 Å². The van der Waals surface area contributed by atoms with Crippen LogP contribution in [-0.4, -0.2) is 19.5 Å². The van der Waals surface area contributed by atoms with Crippen LogP contribution in [0.2, 0.25) is 0 Å². The largest absolute Gasteiger partial charge is 0.454 e. The van der Waals surface area contributed by atoms with Crippen molar-refractivity contribution in [3.05, 3.63) is 218 Å². The standard InChI is InChI=1S/C57H36N4O/c1-5-15-37(16-6-1)41-23-13-24-44(33-41)56-58-55(40-21-11-4-12-22-40)59-57(60-56)45-27-30-46-47-25-14-26-52(54(47)62-53(46)36-45)61-50-31-28-42(38-17-7-2-8-18-38)34-48(50)49-35-43(29-32-51(49)61)39-19-9-3-10-20-39/h1-36H. The predicted octanol–water partition coefficient (Wildman–Crippen LogP) is 14.9. The number of aromatic nitrogens is 4. The summed E-state index contributed by atoms with van der Waals surface area (Å²) in [4.78, 5) is 15.2. The van der Waals surface area contributed by atoms with Gasteiger partial charge < -0.3 is 8.98 Å². The molecule has 0 aliphatic carbocycles. The second-order valence-electron chi connectivity index (χ2n) is 15.6. The third kappa shape index (κ3) is 6.14. The highest BCUT2D eigenvalue weighted by Crippen LogP contribution is 2.41. The summed E-state index contributed by atoms with van der Waals surface area (Å²) in [5.41, 5.74) is 14.4. The van der Waals surface area contributed by atoms with E-state index >= 15 is 0 Å². The van der Waals surface area contributed by atoms with Crippen molar-refractivity contribution >= 4 is 43.7 Å². The first kappa shape index (κ1) is 35.5. The summed E-state index contributed by atoms with van der Waals surface area (Å²) < 4.78 is 9.31. The lowest BCUT2D eigenvalue weighted by molar-refractivity contribution is 0.666. The van der Waals surface area contributed by atoms with Gasteiger partial charge in [-0.15, -0.1) is 0 Å². The summed E-state index contributed by atoms with van der Waals surface area (Å²) in [5.74, 6) is 1.79. The molecule has 0 radical (unpaired) electrons. The molecule has 0 spiro atoms. The van der Waals surface area contributed by atoms with Crippen molar-refractivity contribution < 1.29 is 4.42 Å². The van der Waals surface area contributed by atoms with Gasteiger partial charge in [0.05, 0.1) is 16.7 Å². The molecule has 12 aromatic rings. The van der Waals surface area contributed by atoms with Gasteiger partial charge in [0.2, 0.25) is 0 Å². The molecule has 0 bridgehead atoms. The Balaban J connectivity index is 1.02. The van der Waals surface area contributed by atoms with E-state index in [1.165, 1.54) is 33.0 Å². The minimum Gasteiger partial charge on any atom is -0.454 e. The topological polar surface area (TPSA) is 56.7 Å². The number of benzene rings is 9. The second-order valence-corrected chi connectivity index (χ2v) is 15.6. The average molecular weight is 793 g/mol. The third-order valence-corrected chi connectivity index (χ3v) is 11.9.